The van der Waals surface area contributed by atoms with Gasteiger partial charge in [0.1, 0.15) is 0 Å². The van der Waals surface area contributed by atoms with Crippen molar-refractivity contribution < 1.29 is 8.42 Å². The largest absolute Gasteiger partial charge is 0.224 e. The van der Waals surface area contributed by atoms with Crippen LogP contribution in [0.4, 0.5) is 0 Å². The molecule has 0 aromatic carbocycles. The fourth-order valence-electron chi connectivity index (χ4n) is 0.837. The van der Waals surface area contributed by atoms with Crippen molar-refractivity contribution in [3.63, 3.8) is 0 Å². The van der Waals surface area contributed by atoms with Crippen molar-refractivity contribution in [3.8, 4) is 0 Å². The van der Waals surface area contributed by atoms with E-state index in [0.29, 0.717) is 4.90 Å². The van der Waals surface area contributed by atoms with Gasteiger partial charge in [0.15, 0.2) is 9.84 Å². The van der Waals surface area contributed by atoms with Gasteiger partial charge in [-0.3, -0.25) is 0 Å². The van der Waals surface area contributed by atoms with E-state index in [1.165, 1.54) is 17.6 Å². The van der Waals surface area contributed by atoms with Gasteiger partial charge >= 0.3 is 0 Å². The third kappa shape index (κ3) is 2.32. The summed E-state index contributed by atoms with van der Waals surface area (Å²) in [6.07, 6.45) is 4.17. The maximum absolute atomic E-state index is 11.0. The van der Waals surface area contributed by atoms with Crippen LogP contribution >= 0.6 is 11.3 Å². The van der Waals surface area contributed by atoms with Crippen LogP contribution in [0.2, 0.25) is 0 Å². The first-order chi connectivity index (χ1) is 5.54. The van der Waals surface area contributed by atoms with Crippen molar-refractivity contribution in [2.75, 3.05) is 6.26 Å². The summed E-state index contributed by atoms with van der Waals surface area (Å²) in [5.41, 5.74) is 0. The van der Waals surface area contributed by atoms with E-state index in [2.05, 4.69) is 0 Å². The second-order valence-electron chi connectivity index (χ2n) is 2.57. The Morgan fingerprint density at radius 2 is 2.25 bits per heavy atom. The lowest BCUT2D eigenvalue weighted by atomic mass is 10.3. The molecule has 0 aliphatic carbocycles. The highest BCUT2D eigenvalue weighted by atomic mass is 32.2. The van der Waals surface area contributed by atoms with Crippen molar-refractivity contribution >= 4 is 21.2 Å². The zero-order valence-electron chi connectivity index (χ0n) is 7.07. The Kier molecular flexibility index (Phi) is 2.90. The van der Waals surface area contributed by atoms with Crippen LogP contribution in [0.3, 0.4) is 0 Å². The summed E-state index contributed by atoms with van der Waals surface area (Å²) in [5, 5.41) is 1.68. The second-order valence-corrected chi connectivity index (χ2v) is 5.53. The van der Waals surface area contributed by atoms with Gasteiger partial charge in [0.25, 0.3) is 0 Å². The van der Waals surface area contributed by atoms with Crippen molar-refractivity contribution in [1.82, 2.24) is 0 Å². The molecule has 67 valence electrons. The first-order valence-electron chi connectivity index (χ1n) is 3.66. The van der Waals surface area contributed by atoms with Gasteiger partial charge in [0.2, 0.25) is 0 Å². The monoisotopic (exact) mass is 203 g/mol. The number of sulfone groups is 1. The lowest BCUT2D eigenvalue weighted by molar-refractivity contribution is 0.602. The molecule has 0 atom stereocenters. The third-order valence-electron chi connectivity index (χ3n) is 1.43. The van der Waals surface area contributed by atoms with Crippen molar-refractivity contribution in [3.05, 3.63) is 22.7 Å². The van der Waals surface area contributed by atoms with Crippen LogP contribution in [-0.2, 0) is 9.84 Å². The Labute approximate surface area is 77.2 Å². The van der Waals surface area contributed by atoms with E-state index in [1.54, 1.807) is 11.4 Å². The summed E-state index contributed by atoms with van der Waals surface area (Å²) in [6.45, 7) is 2.03. The molecule has 0 spiro atoms. The standard InChI is InChI=1S/C8H11O2S2/c1-3-4-7-5-8(6-11-7)12(2,9)10/h4-6H,3H2,1-2H3. The zero-order chi connectivity index (χ0) is 9.19. The average Bonchev–Trinajstić information content (AvgIpc) is 2.35. The SMILES string of the molecule is CC[CH]c1cc(S(C)(=O)=O)cs1. The van der Waals surface area contributed by atoms with Crippen LogP contribution in [-0.4, -0.2) is 14.7 Å². The second kappa shape index (κ2) is 3.58. The van der Waals surface area contributed by atoms with Gasteiger partial charge in [0, 0.05) is 22.9 Å². The molecule has 4 heteroatoms. The number of hydrogen-bond acceptors (Lipinski definition) is 3. The van der Waals surface area contributed by atoms with Crippen LogP contribution in [0.25, 0.3) is 0 Å². The minimum atomic E-state index is -3.01. The first kappa shape index (κ1) is 9.74. The average molecular weight is 203 g/mol. The quantitative estimate of drug-likeness (QED) is 0.754. The van der Waals surface area contributed by atoms with E-state index in [4.69, 9.17) is 0 Å². The molecule has 0 aliphatic heterocycles. The van der Waals surface area contributed by atoms with Gasteiger partial charge in [0.05, 0.1) is 4.90 Å². The predicted octanol–water partition coefficient (Wildman–Crippen LogP) is 2.11. The minimum Gasteiger partial charge on any atom is -0.224 e. The van der Waals surface area contributed by atoms with E-state index >= 15 is 0 Å². The lowest BCUT2D eigenvalue weighted by Crippen LogP contribution is -1.93. The molecule has 1 rings (SSSR count). The van der Waals surface area contributed by atoms with Gasteiger partial charge in [-0.2, -0.15) is 0 Å². The van der Waals surface area contributed by atoms with Crippen LogP contribution in [0.5, 0.6) is 0 Å². The predicted molar refractivity (Wildman–Crippen MR) is 51.1 cm³/mol. The van der Waals surface area contributed by atoms with E-state index < -0.39 is 9.84 Å². The van der Waals surface area contributed by atoms with Crippen LogP contribution in [0.1, 0.15) is 18.2 Å². The van der Waals surface area contributed by atoms with Crippen LogP contribution < -0.4 is 0 Å². The van der Waals surface area contributed by atoms with Crippen LogP contribution in [0.15, 0.2) is 16.3 Å². The van der Waals surface area contributed by atoms with E-state index in [0.717, 1.165) is 11.3 Å². The molecule has 2 nitrogen and oxygen atoms in total. The summed E-state index contributed by atoms with van der Waals surface area (Å²) in [7, 11) is -3.01. The molecular formula is C8H11O2S2. The maximum atomic E-state index is 11.0. The Morgan fingerprint density at radius 1 is 1.58 bits per heavy atom. The molecule has 12 heavy (non-hydrogen) atoms. The van der Waals surface area contributed by atoms with E-state index in [1.807, 2.05) is 13.3 Å². The molecule has 1 heterocycles. The summed E-state index contributed by atoms with van der Waals surface area (Å²) >= 11 is 1.47. The normalized spacial score (nSPS) is 11.8. The molecule has 0 saturated carbocycles. The topological polar surface area (TPSA) is 34.1 Å². The zero-order valence-corrected chi connectivity index (χ0v) is 8.71. The van der Waals surface area contributed by atoms with E-state index in [-0.39, 0.29) is 0 Å². The molecule has 0 aliphatic rings. The van der Waals surface area contributed by atoms with E-state index in [9.17, 15) is 8.42 Å². The summed E-state index contributed by atoms with van der Waals surface area (Å²) in [5.74, 6) is 0. The Balaban J connectivity index is 2.92. The van der Waals surface area contributed by atoms with Gasteiger partial charge in [-0.05, 0) is 12.5 Å². The smallest absolute Gasteiger partial charge is 0.176 e. The molecule has 0 fully saturated rings. The molecule has 0 unspecified atom stereocenters. The fourth-order valence-corrected chi connectivity index (χ4v) is 2.87. The summed E-state index contributed by atoms with van der Waals surface area (Å²) in [6, 6.07) is 1.71. The third-order valence-corrected chi connectivity index (χ3v) is 3.60. The maximum Gasteiger partial charge on any atom is 0.176 e. The Morgan fingerprint density at radius 3 is 2.67 bits per heavy atom. The molecular weight excluding hydrogens is 192 g/mol. The van der Waals surface area contributed by atoms with Gasteiger partial charge in [-0.15, -0.1) is 11.3 Å². The van der Waals surface area contributed by atoms with Crippen molar-refractivity contribution in [1.29, 1.82) is 0 Å². The van der Waals surface area contributed by atoms with Gasteiger partial charge in [-0.25, -0.2) is 8.42 Å². The molecule has 1 radical (unpaired) electrons. The van der Waals surface area contributed by atoms with Gasteiger partial charge < -0.3 is 0 Å². The molecule has 0 N–H and O–H groups in total. The summed E-state index contributed by atoms with van der Waals surface area (Å²) < 4.78 is 22.1. The van der Waals surface area contributed by atoms with Crippen molar-refractivity contribution in [2.45, 2.75) is 18.2 Å². The van der Waals surface area contributed by atoms with Crippen molar-refractivity contribution in [2.24, 2.45) is 0 Å². The Bertz CT molecular complexity index is 349. The Hall–Kier alpha value is -0.350. The molecule has 0 amide bonds. The highest BCUT2D eigenvalue weighted by Gasteiger charge is 2.08. The molecule has 0 saturated heterocycles. The van der Waals surface area contributed by atoms with Gasteiger partial charge in [-0.1, -0.05) is 6.92 Å². The molecule has 1 aromatic heterocycles. The summed E-state index contributed by atoms with van der Waals surface area (Å²) in [4.78, 5) is 1.45. The minimum absolute atomic E-state index is 0.423. The lowest BCUT2D eigenvalue weighted by Gasteiger charge is -1.89. The number of hydrogen-bond donors (Lipinski definition) is 0. The molecule has 0 bridgehead atoms. The van der Waals surface area contributed by atoms with Crippen LogP contribution in [0, 0.1) is 6.42 Å². The highest BCUT2D eigenvalue weighted by molar-refractivity contribution is 7.90. The molecule has 1 aromatic rings. The fraction of sp³-hybridized carbons (Fsp3) is 0.375. The number of thiophene rings is 1. The first-order valence-corrected chi connectivity index (χ1v) is 6.43. The number of rotatable bonds is 3. The highest BCUT2D eigenvalue weighted by Crippen LogP contribution is 2.21.